The van der Waals surface area contributed by atoms with Crippen molar-refractivity contribution in [3.63, 3.8) is 0 Å². The smallest absolute Gasteiger partial charge is 0.315 e. The first-order valence-electron chi connectivity index (χ1n) is 12.1. The third-order valence-corrected chi connectivity index (χ3v) is 7.34. The Morgan fingerprint density at radius 1 is 1.06 bits per heavy atom. The summed E-state index contributed by atoms with van der Waals surface area (Å²) in [5, 5.41) is 24.0. The van der Waals surface area contributed by atoms with Crippen molar-refractivity contribution in [2.45, 2.75) is 50.7 Å². The van der Waals surface area contributed by atoms with E-state index in [2.05, 4.69) is 27.8 Å². The minimum Gasteiger partial charge on any atom is -0.392 e. The van der Waals surface area contributed by atoms with E-state index < -0.39 is 6.29 Å². The van der Waals surface area contributed by atoms with Gasteiger partial charge in [-0.1, -0.05) is 67.2 Å². The molecule has 0 radical (unpaired) electrons. The summed E-state index contributed by atoms with van der Waals surface area (Å²) in [5.41, 5.74) is 3.81. The number of benzene rings is 2. The van der Waals surface area contributed by atoms with Crippen molar-refractivity contribution < 1.29 is 19.4 Å². The van der Waals surface area contributed by atoms with Gasteiger partial charge in [0.05, 0.1) is 18.8 Å². The first-order chi connectivity index (χ1) is 17.5. The topological polar surface area (TPSA) is 111 Å². The second kappa shape index (κ2) is 12.4. The number of aryl methyl sites for hydroxylation is 1. The molecule has 4 atom stereocenters. The molecule has 36 heavy (non-hydrogen) atoms. The van der Waals surface area contributed by atoms with Crippen LogP contribution in [0.4, 0.5) is 4.79 Å². The summed E-state index contributed by atoms with van der Waals surface area (Å²) < 4.78 is 14.9. The fourth-order valence-corrected chi connectivity index (χ4v) is 5.12. The molecular weight excluding hydrogens is 478 g/mol. The molecule has 1 saturated heterocycles. The highest BCUT2D eigenvalue weighted by molar-refractivity contribution is 7.99. The number of carbonyl (C=O) groups excluding carboxylic acids is 1. The highest BCUT2D eigenvalue weighted by Gasteiger charge is 2.38. The first kappa shape index (κ1) is 26.2. The van der Waals surface area contributed by atoms with Crippen LogP contribution in [0.15, 0.2) is 60.0 Å². The number of nitrogens with zero attached hydrogens (tertiary/aromatic N) is 3. The Morgan fingerprint density at radius 3 is 2.39 bits per heavy atom. The van der Waals surface area contributed by atoms with E-state index in [1.165, 1.54) is 0 Å². The number of rotatable bonds is 9. The lowest BCUT2D eigenvalue weighted by atomic mass is 9.91. The zero-order valence-corrected chi connectivity index (χ0v) is 21.6. The summed E-state index contributed by atoms with van der Waals surface area (Å²) in [5.74, 6) is 0.787. The van der Waals surface area contributed by atoms with Crippen molar-refractivity contribution in [1.82, 2.24) is 25.4 Å². The quantitative estimate of drug-likeness (QED) is 0.376. The molecule has 4 rings (SSSR count). The van der Waals surface area contributed by atoms with E-state index in [0.29, 0.717) is 18.8 Å². The fourth-order valence-electron chi connectivity index (χ4n) is 4.07. The number of urea groups is 1. The van der Waals surface area contributed by atoms with E-state index in [1.54, 1.807) is 18.1 Å². The third-order valence-electron chi connectivity index (χ3n) is 6.21. The predicted octanol–water partition coefficient (Wildman–Crippen LogP) is 3.71. The third kappa shape index (κ3) is 6.44. The summed E-state index contributed by atoms with van der Waals surface area (Å²) >= 11 is 1.61. The lowest BCUT2D eigenvalue weighted by Crippen LogP contribution is -2.38. The van der Waals surface area contributed by atoms with Crippen molar-refractivity contribution in [2.75, 3.05) is 12.3 Å². The number of amides is 2. The monoisotopic (exact) mass is 511 g/mol. The van der Waals surface area contributed by atoms with E-state index in [-0.39, 0.29) is 30.8 Å². The molecule has 0 saturated carbocycles. The van der Waals surface area contributed by atoms with Gasteiger partial charge in [0, 0.05) is 37.4 Å². The van der Waals surface area contributed by atoms with Crippen molar-refractivity contribution in [3.05, 3.63) is 77.1 Å². The number of aromatic nitrogens is 3. The average molecular weight is 512 g/mol. The molecule has 1 fully saturated rings. The molecule has 3 N–H and O–H groups in total. The van der Waals surface area contributed by atoms with Crippen LogP contribution in [0.1, 0.15) is 48.5 Å². The molecule has 0 bridgehead atoms. The van der Waals surface area contributed by atoms with Gasteiger partial charge in [0.1, 0.15) is 6.33 Å². The van der Waals surface area contributed by atoms with Crippen LogP contribution in [0.3, 0.4) is 0 Å². The second-order valence-corrected chi connectivity index (χ2v) is 9.80. The number of nitrogens with one attached hydrogen (secondary N) is 2. The van der Waals surface area contributed by atoms with Crippen LogP contribution in [-0.2, 0) is 29.7 Å². The summed E-state index contributed by atoms with van der Waals surface area (Å²) in [6, 6.07) is 15.6. The van der Waals surface area contributed by atoms with Crippen LogP contribution in [-0.4, -0.2) is 44.3 Å². The highest BCUT2D eigenvalue weighted by atomic mass is 32.2. The van der Waals surface area contributed by atoms with Gasteiger partial charge in [0.2, 0.25) is 0 Å². The van der Waals surface area contributed by atoms with Crippen LogP contribution in [0.2, 0.25) is 0 Å². The van der Waals surface area contributed by atoms with Crippen molar-refractivity contribution in [3.8, 4) is 0 Å². The number of carbonyl (C=O) groups is 1. The Labute approximate surface area is 215 Å². The molecule has 2 amide bonds. The molecule has 1 aromatic heterocycles. The van der Waals surface area contributed by atoms with Gasteiger partial charge in [0.25, 0.3) is 0 Å². The number of ether oxygens (including phenoxy) is 2. The van der Waals surface area contributed by atoms with Gasteiger partial charge in [-0.3, -0.25) is 0 Å². The first-order valence-corrected chi connectivity index (χ1v) is 13.0. The minimum atomic E-state index is -0.542. The molecular formula is C26H33N5O4S. The van der Waals surface area contributed by atoms with Gasteiger partial charge in [-0.25, -0.2) is 4.79 Å². The van der Waals surface area contributed by atoms with Gasteiger partial charge >= 0.3 is 6.03 Å². The largest absolute Gasteiger partial charge is 0.392 e. The molecule has 192 valence electrons. The summed E-state index contributed by atoms with van der Waals surface area (Å²) in [7, 11) is 1.92. The summed E-state index contributed by atoms with van der Waals surface area (Å²) in [6.07, 6.45) is 0.875. The lowest BCUT2D eigenvalue weighted by Gasteiger charge is -2.41. The molecule has 0 spiro atoms. The molecule has 10 heteroatoms. The van der Waals surface area contributed by atoms with Crippen LogP contribution < -0.4 is 10.6 Å². The van der Waals surface area contributed by atoms with E-state index in [4.69, 9.17) is 9.47 Å². The fraction of sp³-hybridized carbons (Fsp3) is 0.423. The van der Waals surface area contributed by atoms with Crippen molar-refractivity contribution in [2.24, 2.45) is 13.0 Å². The molecule has 0 unspecified atom stereocenters. The SMILES string of the molecule is CCNC(=O)NCc1ccc([C@@H]2O[C@H](CSc3nncn3C)[C@H](C)[C@H](c3ccc(CO)cc3)O2)cc1. The van der Waals surface area contributed by atoms with Crippen LogP contribution >= 0.6 is 11.8 Å². The molecule has 2 heterocycles. The Morgan fingerprint density at radius 2 is 1.75 bits per heavy atom. The second-order valence-electron chi connectivity index (χ2n) is 8.81. The van der Waals surface area contributed by atoms with Crippen LogP contribution in [0, 0.1) is 5.92 Å². The molecule has 1 aliphatic rings. The van der Waals surface area contributed by atoms with Crippen LogP contribution in [0.5, 0.6) is 0 Å². The maximum atomic E-state index is 11.7. The van der Waals surface area contributed by atoms with Crippen molar-refractivity contribution in [1.29, 1.82) is 0 Å². The summed E-state index contributed by atoms with van der Waals surface area (Å²) in [4.78, 5) is 11.7. The number of thioether (sulfide) groups is 1. The van der Waals surface area contributed by atoms with Gasteiger partial charge in [0.15, 0.2) is 11.4 Å². The number of aliphatic hydroxyl groups is 1. The minimum absolute atomic E-state index is 0.00533. The average Bonchev–Trinajstić information content (AvgIpc) is 3.32. The van der Waals surface area contributed by atoms with Gasteiger partial charge < -0.3 is 29.8 Å². The standard InChI is InChI=1S/C26H33N5O4S/c1-4-27-25(33)28-13-18-5-11-21(12-6-18)24-34-22(15-36-26-30-29-16-31(26)3)17(2)23(35-24)20-9-7-19(14-32)8-10-20/h5-12,16-17,22-24,32H,4,13-15H2,1-3H3,(H2,27,28,33)/t17-,22+,23+,24+/m0/s1. The lowest BCUT2D eigenvalue weighted by molar-refractivity contribution is -0.268. The zero-order valence-electron chi connectivity index (χ0n) is 20.8. The maximum absolute atomic E-state index is 11.7. The van der Waals surface area contributed by atoms with Crippen molar-refractivity contribution >= 4 is 17.8 Å². The molecule has 9 nitrogen and oxygen atoms in total. The highest BCUT2D eigenvalue weighted by Crippen LogP contribution is 2.42. The van der Waals surface area contributed by atoms with E-state index in [0.717, 1.165) is 27.4 Å². The zero-order chi connectivity index (χ0) is 25.5. The molecule has 0 aliphatic carbocycles. The number of hydrogen-bond donors (Lipinski definition) is 3. The number of hydrogen-bond acceptors (Lipinski definition) is 7. The molecule has 3 aromatic rings. The number of aliphatic hydroxyl groups excluding tert-OH is 1. The van der Waals surface area contributed by atoms with E-state index in [9.17, 15) is 9.90 Å². The van der Waals surface area contributed by atoms with E-state index in [1.807, 2.05) is 67.1 Å². The normalized spacial score (nSPS) is 21.8. The Bertz CT molecular complexity index is 1120. The molecule has 1 aliphatic heterocycles. The van der Waals surface area contributed by atoms with Gasteiger partial charge in [-0.05, 0) is 23.6 Å². The Balaban J connectivity index is 1.51. The van der Waals surface area contributed by atoms with E-state index >= 15 is 0 Å². The summed E-state index contributed by atoms with van der Waals surface area (Å²) in [6.45, 7) is 5.04. The maximum Gasteiger partial charge on any atom is 0.315 e. The molecule has 2 aromatic carbocycles. The Kier molecular flexibility index (Phi) is 8.98. The van der Waals surface area contributed by atoms with Crippen LogP contribution in [0.25, 0.3) is 0 Å². The van der Waals surface area contributed by atoms with Gasteiger partial charge in [-0.2, -0.15) is 0 Å². The Hall–Kier alpha value is -2.92. The van der Waals surface area contributed by atoms with Gasteiger partial charge in [-0.15, -0.1) is 10.2 Å². The predicted molar refractivity (Wildman–Crippen MR) is 137 cm³/mol.